The van der Waals surface area contributed by atoms with Crippen LogP contribution >= 0.6 is 0 Å². The Hall–Kier alpha value is -1.50. The summed E-state index contributed by atoms with van der Waals surface area (Å²) in [6.45, 7) is 0. The van der Waals surface area contributed by atoms with Crippen molar-refractivity contribution in [1.82, 2.24) is 10.6 Å². The predicted octanol–water partition coefficient (Wildman–Crippen LogP) is -0.196. The van der Waals surface area contributed by atoms with Crippen LogP contribution < -0.4 is 10.6 Å². The molecule has 15 heavy (non-hydrogen) atoms. The Morgan fingerprint density at radius 2 is 1.67 bits per heavy atom. The van der Waals surface area contributed by atoms with E-state index in [4.69, 9.17) is 10.2 Å². The summed E-state index contributed by atoms with van der Waals surface area (Å²) in [6, 6.07) is -0.807. The van der Waals surface area contributed by atoms with Crippen molar-refractivity contribution in [1.29, 1.82) is 0 Å². The first-order chi connectivity index (χ1) is 6.99. The van der Waals surface area contributed by atoms with Crippen LogP contribution in [0.15, 0.2) is 0 Å². The zero-order valence-corrected chi connectivity index (χ0v) is 8.01. The molecule has 7 heteroatoms. The Morgan fingerprint density at radius 3 is 2.13 bits per heavy atom. The Balaban J connectivity index is 2.40. The first kappa shape index (κ1) is 11.6. The Bertz CT molecular complexity index is 257. The second-order valence-corrected chi connectivity index (χ2v) is 3.58. The molecule has 1 rings (SSSR count). The highest BCUT2D eigenvalue weighted by Crippen LogP contribution is 2.19. The first-order valence-corrected chi connectivity index (χ1v) is 4.66. The van der Waals surface area contributed by atoms with Crippen LogP contribution in [0.3, 0.4) is 0 Å². The Kier molecular flexibility index (Phi) is 3.73. The molecule has 1 aliphatic carbocycles. The molecule has 1 aliphatic rings. The lowest BCUT2D eigenvalue weighted by Crippen LogP contribution is -2.51. The van der Waals surface area contributed by atoms with Gasteiger partial charge in [-0.05, 0) is 19.3 Å². The van der Waals surface area contributed by atoms with Crippen LogP contribution in [0.5, 0.6) is 0 Å². The third-order valence-electron chi connectivity index (χ3n) is 2.45. The summed E-state index contributed by atoms with van der Waals surface area (Å²) in [5.41, 5.74) is 0. The van der Waals surface area contributed by atoms with Gasteiger partial charge in [0.15, 0.2) is 0 Å². The number of hydrogen-bond donors (Lipinski definition) is 5. The van der Waals surface area contributed by atoms with Crippen LogP contribution in [-0.4, -0.2) is 45.7 Å². The fourth-order valence-electron chi connectivity index (χ4n) is 1.78. The normalized spacial score (nSPS) is 30.6. The first-order valence-electron chi connectivity index (χ1n) is 4.66. The maximum Gasteiger partial charge on any atom is 0.404 e. The summed E-state index contributed by atoms with van der Waals surface area (Å²) in [4.78, 5) is 20.7. The van der Waals surface area contributed by atoms with Gasteiger partial charge in [-0.2, -0.15) is 0 Å². The summed E-state index contributed by atoms with van der Waals surface area (Å²) in [6.07, 6.45) is -1.96. The van der Waals surface area contributed by atoms with Crippen LogP contribution in [0, 0.1) is 0 Å². The van der Waals surface area contributed by atoms with Gasteiger partial charge < -0.3 is 26.0 Å². The van der Waals surface area contributed by atoms with E-state index in [1.54, 1.807) is 0 Å². The molecular formula is C8H14N2O5. The van der Waals surface area contributed by atoms with Crippen molar-refractivity contribution in [2.45, 2.75) is 37.5 Å². The summed E-state index contributed by atoms with van der Waals surface area (Å²) in [5, 5.41) is 30.9. The van der Waals surface area contributed by atoms with E-state index in [0.29, 0.717) is 12.8 Å². The van der Waals surface area contributed by atoms with Gasteiger partial charge in [0, 0.05) is 6.04 Å². The van der Waals surface area contributed by atoms with Crippen LogP contribution in [0.2, 0.25) is 0 Å². The van der Waals surface area contributed by atoms with Gasteiger partial charge in [0.2, 0.25) is 0 Å². The molecule has 0 radical (unpaired) electrons. The van der Waals surface area contributed by atoms with Crippen molar-refractivity contribution in [3.8, 4) is 0 Å². The zero-order chi connectivity index (χ0) is 11.4. The molecular weight excluding hydrogens is 204 g/mol. The maximum absolute atomic E-state index is 10.3. The minimum atomic E-state index is -1.18. The molecule has 7 nitrogen and oxygen atoms in total. The lowest BCUT2D eigenvalue weighted by Gasteiger charge is -2.32. The van der Waals surface area contributed by atoms with Gasteiger partial charge in [-0.25, -0.2) is 9.59 Å². The fraction of sp³-hybridized carbons (Fsp3) is 0.750. The Labute approximate surface area is 86.1 Å². The minimum Gasteiger partial charge on any atom is -0.465 e. The van der Waals surface area contributed by atoms with E-state index in [1.807, 2.05) is 0 Å². The second kappa shape index (κ2) is 4.83. The number of carbonyl (C=O) groups is 2. The van der Waals surface area contributed by atoms with Gasteiger partial charge in [0.1, 0.15) is 0 Å². The third-order valence-corrected chi connectivity index (χ3v) is 2.45. The van der Waals surface area contributed by atoms with E-state index in [1.165, 1.54) is 0 Å². The highest BCUT2D eigenvalue weighted by molar-refractivity contribution is 5.65. The lowest BCUT2D eigenvalue weighted by molar-refractivity contribution is 0.0732. The summed E-state index contributed by atoms with van der Waals surface area (Å²) in [7, 11) is 0. The monoisotopic (exact) mass is 218 g/mol. The van der Waals surface area contributed by atoms with Crippen LogP contribution in [0.4, 0.5) is 9.59 Å². The van der Waals surface area contributed by atoms with Gasteiger partial charge in [0.25, 0.3) is 0 Å². The topological polar surface area (TPSA) is 119 Å². The largest absolute Gasteiger partial charge is 0.465 e. The molecule has 0 spiro atoms. The molecule has 0 aromatic heterocycles. The van der Waals surface area contributed by atoms with Gasteiger partial charge >= 0.3 is 12.2 Å². The lowest BCUT2D eigenvalue weighted by atomic mass is 9.89. The van der Waals surface area contributed by atoms with E-state index in [-0.39, 0.29) is 12.5 Å². The summed E-state index contributed by atoms with van der Waals surface area (Å²) < 4.78 is 0. The molecule has 0 bridgehead atoms. The molecule has 0 heterocycles. The molecule has 86 valence electrons. The van der Waals surface area contributed by atoms with Crippen LogP contribution in [0.1, 0.15) is 19.3 Å². The van der Waals surface area contributed by atoms with E-state index >= 15 is 0 Å². The van der Waals surface area contributed by atoms with Gasteiger partial charge in [0.05, 0.1) is 12.1 Å². The number of carboxylic acid groups (broad SMARTS) is 2. The van der Waals surface area contributed by atoms with E-state index in [0.717, 1.165) is 0 Å². The Morgan fingerprint density at radius 1 is 1.07 bits per heavy atom. The number of hydrogen-bond acceptors (Lipinski definition) is 3. The van der Waals surface area contributed by atoms with E-state index in [9.17, 15) is 14.7 Å². The van der Waals surface area contributed by atoms with Gasteiger partial charge in [-0.1, -0.05) is 0 Å². The van der Waals surface area contributed by atoms with Gasteiger partial charge in [-0.3, -0.25) is 0 Å². The molecule has 0 aromatic carbocycles. The number of rotatable bonds is 2. The quantitative estimate of drug-likeness (QED) is 0.440. The van der Waals surface area contributed by atoms with E-state index < -0.39 is 24.3 Å². The molecule has 0 aliphatic heterocycles. The molecule has 5 N–H and O–H groups in total. The maximum atomic E-state index is 10.3. The fourth-order valence-corrected chi connectivity index (χ4v) is 1.78. The smallest absolute Gasteiger partial charge is 0.404 e. The van der Waals surface area contributed by atoms with Crippen molar-refractivity contribution in [3.63, 3.8) is 0 Å². The van der Waals surface area contributed by atoms with E-state index in [2.05, 4.69) is 10.6 Å². The molecule has 1 fully saturated rings. The number of aliphatic hydroxyl groups is 1. The van der Waals surface area contributed by atoms with Crippen molar-refractivity contribution in [2.75, 3.05) is 0 Å². The third kappa shape index (κ3) is 3.62. The molecule has 0 aromatic rings. The number of aliphatic hydroxyl groups excluding tert-OH is 1. The molecule has 0 saturated heterocycles. The van der Waals surface area contributed by atoms with Crippen molar-refractivity contribution >= 4 is 12.2 Å². The predicted molar refractivity (Wildman–Crippen MR) is 49.8 cm³/mol. The highest BCUT2D eigenvalue weighted by Gasteiger charge is 2.30. The second-order valence-electron chi connectivity index (χ2n) is 3.58. The van der Waals surface area contributed by atoms with Crippen molar-refractivity contribution in [3.05, 3.63) is 0 Å². The standard InChI is InChI=1S/C8H14N2O5/c11-6-3-4(9-7(12)13)1-2-5(6)10-8(14)15/h4-6,9-11H,1-3H2,(H,12,13)(H,14,15)/t4-,5-,6+/m0/s1. The summed E-state index contributed by atoms with van der Waals surface area (Å²) >= 11 is 0. The van der Waals surface area contributed by atoms with Gasteiger partial charge in [-0.15, -0.1) is 0 Å². The minimum absolute atomic E-state index is 0.233. The van der Waals surface area contributed by atoms with Crippen LogP contribution in [-0.2, 0) is 0 Å². The summed E-state index contributed by atoms with van der Waals surface area (Å²) in [5.74, 6) is 0. The van der Waals surface area contributed by atoms with Crippen LogP contribution in [0.25, 0.3) is 0 Å². The molecule has 3 atom stereocenters. The highest BCUT2D eigenvalue weighted by atomic mass is 16.4. The molecule has 2 amide bonds. The molecule has 1 saturated carbocycles. The zero-order valence-electron chi connectivity index (χ0n) is 8.01. The SMILES string of the molecule is O=C(O)N[C@H]1CC[C@H](NC(=O)O)[C@H](O)C1. The average molecular weight is 218 g/mol. The van der Waals surface area contributed by atoms with Crippen molar-refractivity contribution < 1.29 is 24.9 Å². The van der Waals surface area contributed by atoms with Crippen molar-refractivity contribution in [2.24, 2.45) is 0 Å². The molecule has 0 unspecified atom stereocenters. The number of nitrogens with one attached hydrogen (secondary N) is 2. The average Bonchev–Trinajstić information content (AvgIpc) is 2.08. The number of amides is 2.